The Bertz CT molecular complexity index is 3260. The van der Waals surface area contributed by atoms with Gasteiger partial charge >= 0.3 is 0 Å². The molecule has 11 rings (SSSR count). The van der Waals surface area contributed by atoms with Crippen LogP contribution in [0.1, 0.15) is 52.7 Å². The minimum absolute atomic E-state index is 0.0331. The van der Waals surface area contributed by atoms with Crippen LogP contribution in [0.5, 0.6) is 0 Å². The number of benzene rings is 8. The highest BCUT2D eigenvalue weighted by atomic mass is 15.4. The molecule has 3 heterocycles. The van der Waals surface area contributed by atoms with Crippen molar-refractivity contribution < 1.29 is 0 Å². The van der Waals surface area contributed by atoms with E-state index in [4.69, 9.17) is 4.98 Å². The fourth-order valence-corrected chi connectivity index (χ4v) is 9.98. The van der Waals surface area contributed by atoms with Crippen molar-refractivity contribution in [1.82, 2.24) is 4.98 Å². The van der Waals surface area contributed by atoms with Crippen LogP contribution < -0.4 is 19.6 Å². The molecule has 0 spiro atoms. The second-order valence-corrected chi connectivity index (χ2v) is 19.8. The Hall–Kier alpha value is -7.89. The lowest BCUT2D eigenvalue weighted by molar-refractivity contribution is 0.590. The molecule has 0 aliphatic carbocycles. The van der Waals surface area contributed by atoms with Gasteiger partial charge in [-0.05, 0) is 123 Å². The first-order chi connectivity index (χ1) is 32.5. The lowest BCUT2D eigenvalue weighted by atomic mass is 9.85. The van der Waals surface area contributed by atoms with Crippen LogP contribution in [0.15, 0.2) is 212 Å². The van der Waals surface area contributed by atoms with E-state index in [1.807, 2.05) is 12.3 Å². The third-order valence-electron chi connectivity index (χ3n) is 13.3. The normalized spacial score (nSPS) is 13.1. The molecule has 0 fully saturated rings. The standard InChI is InChI=1S/C62H55N5/c1-61(2,3)45-32-34-52-50-25-13-14-26-51(50)53-35-33-47(41-59(53)67(58(52)39-45)60-31-19-20-36-63-60)66(46-23-11-8-12-24-46)49-38-44(43-21-9-7-10-22-43)37-48(40-49)64-42-65(57-30-18-17-29-56(57)64)55-28-16-15-27-54(55)62(4,5)6/h7-41H,42H2,1-6H3. The van der Waals surface area contributed by atoms with Gasteiger partial charge in [0.2, 0.25) is 0 Å². The summed E-state index contributed by atoms with van der Waals surface area (Å²) < 4.78 is 0. The van der Waals surface area contributed by atoms with Crippen molar-refractivity contribution in [3.8, 4) is 33.4 Å². The number of rotatable bonds is 7. The smallest absolute Gasteiger partial charge is 0.137 e. The van der Waals surface area contributed by atoms with Crippen LogP contribution in [0.4, 0.5) is 57.0 Å². The van der Waals surface area contributed by atoms with Gasteiger partial charge in [0.15, 0.2) is 0 Å². The predicted octanol–water partition coefficient (Wildman–Crippen LogP) is 17.2. The summed E-state index contributed by atoms with van der Waals surface area (Å²) in [4.78, 5) is 14.8. The summed E-state index contributed by atoms with van der Waals surface area (Å²) in [6.07, 6.45) is 1.90. The van der Waals surface area contributed by atoms with E-state index in [1.54, 1.807) is 0 Å². The molecule has 2 aliphatic rings. The van der Waals surface area contributed by atoms with Gasteiger partial charge in [0.05, 0.1) is 22.7 Å². The van der Waals surface area contributed by atoms with Crippen LogP contribution in [0, 0.1) is 0 Å². The van der Waals surface area contributed by atoms with E-state index in [2.05, 4.69) is 261 Å². The number of pyridine rings is 1. The van der Waals surface area contributed by atoms with E-state index in [0.717, 1.165) is 56.6 Å². The monoisotopic (exact) mass is 869 g/mol. The average Bonchev–Trinajstić information content (AvgIpc) is 3.69. The number of nitrogens with zero attached hydrogens (tertiary/aromatic N) is 5. The minimum Gasteiger partial charge on any atom is -0.321 e. The molecule has 5 nitrogen and oxygen atoms in total. The maximum absolute atomic E-state index is 5.06. The Balaban J connectivity index is 1.14. The number of fused-ring (bicyclic) bond motifs is 6. The zero-order valence-corrected chi connectivity index (χ0v) is 39.2. The van der Waals surface area contributed by atoms with Crippen molar-refractivity contribution >= 4 is 57.0 Å². The van der Waals surface area contributed by atoms with E-state index in [0.29, 0.717) is 6.67 Å². The number of para-hydroxylation sites is 4. The second kappa shape index (κ2) is 16.5. The molecule has 5 heteroatoms. The third-order valence-corrected chi connectivity index (χ3v) is 13.3. The molecule has 1 aromatic heterocycles. The van der Waals surface area contributed by atoms with Crippen LogP contribution >= 0.6 is 0 Å². The van der Waals surface area contributed by atoms with E-state index < -0.39 is 0 Å². The summed E-state index contributed by atoms with van der Waals surface area (Å²) in [5.41, 5.74) is 19.6. The van der Waals surface area contributed by atoms with Crippen LogP contribution in [0.25, 0.3) is 33.4 Å². The Kier molecular flexibility index (Phi) is 10.3. The zero-order chi connectivity index (χ0) is 45.9. The summed E-state index contributed by atoms with van der Waals surface area (Å²) in [5.74, 6) is 0.867. The Morgan fingerprint density at radius 3 is 1.67 bits per heavy atom. The Labute approximate surface area is 395 Å². The van der Waals surface area contributed by atoms with Crippen molar-refractivity contribution in [3.63, 3.8) is 0 Å². The van der Waals surface area contributed by atoms with Crippen LogP contribution in [-0.2, 0) is 10.8 Å². The molecular weight excluding hydrogens is 815 g/mol. The van der Waals surface area contributed by atoms with Gasteiger partial charge in [-0.25, -0.2) is 4.98 Å². The molecule has 0 atom stereocenters. The molecule has 0 N–H and O–H groups in total. The first-order valence-electron chi connectivity index (χ1n) is 23.4. The van der Waals surface area contributed by atoms with Crippen LogP contribution in [-0.4, -0.2) is 11.7 Å². The molecule has 0 radical (unpaired) electrons. The van der Waals surface area contributed by atoms with Crippen LogP contribution in [0.2, 0.25) is 0 Å². The number of aromatic nitrogens is 1. The van der Waals surface area contributed by atoms with Gasteiger partial charge in [-0.3, -0.25) is 4.90 Å². The topological polar surface area (TPSA) is 25.9 Å². The van der Waals surface area contributed by atoms with Gasteiger partial charge in [0.25, 0.3) is 0 Å². The lowest BCUT2D eigenvalue weighted by Gasteiger charge is -2.32. The lowest BCUT2D eigenvalue weighted by Crippen LogP contribution is -2.26. The van der Waals surface area contributed by atoms with Gasteiger partial charge in [0, 0.05) is 45.8 Å². The van der Waals surface area contributed by atoms with E-state index in [1.165, 1.54) is 44.9 Å². The molecular formula is C62H55N5. The van der Waals surface area contributed by atoms with Crippen molar-refractivity contribution in [2.45, 2.75) is 52.4 Å². The number of anilines is 10. The molecule has 0 bridgehead atoms. The predicted molar refractivity (Wildman–Crippen MR) is 283 cm³/mol. The molecule has 67 heavy (non-hydrogen) atoms. The maximum atomic E-state index is 5.06. The largest absolute Gasteiger partial charge is 0.321 e. The molecule has 9 aromatic rings. The maximum Gasteiger partial charge on any atom is 0.137 e. The molecule has 0 amide bonds. The minimum atomic E-state index is -0.0598. The van der Waals surface area contributed by atoms with E-state index in [9.17, 15) is 0 Å². The molecule has 2 aliphatic heterocycles. The highest BCUT2D eigenvalue weighted by Gasteiger charge is 2.33. The number of hydrogen-bond acceptors (Lipinski definition) is 5. The van der Waals surface area contributed by atoms with Gasteiger partial charge in [-0.1, -0.05) is 169 Å². The van der Waals surface area contributed by atoms with Gasteiger partial charge < -0.3 is 14.7 Å². The fraction of sp³-hybridized carbons (Fsp3) is 0.145. The second-order valence-electron chi connectivity index (χ2n) is 19.8. The van der Waals surface area contributed by atoms with Gasteiger partial charge in [-0.15, -0.1) is 0 Å². The Morgan fingerprint density at radius 1 is 0.403 bits per heavy atom. The van der Waals surface area contributed by atoms with Gasteiger partial charge in [-0.2, -0.15) is 0 Å². The highest BCUT2D eigenvalue weighted by Crippen LogP contribution is 2.54. The Morgan fingerprint density at radius 2 is 1.00 bits per heavy atom. The first kappa shape index (κ1) is 41.8. The van der Waals surface area contributed by atoms with Crippen molar-refractivity contribution in [3.05, 3.63) is 224 Å². The molecule has 328 valence electrons. The summed E-state index contributed by atoms with van der Waals surface area (Å²) in [6.45, 7) is 14.4. The van der Waals surface area contributed by atoms with Crippen LogP contribution in [0.3, 0.4) is 0 Å². The molecule has 8 aromatic carbocycles. The van der Waals surface area contributed by atoms with Crippen molar-refractivity contribution in [2.24, 2.45) is 0 Å². The van der Waals surface area contributed by atoms with E-state index >= 15 is 0 Å². The first-order valence-corrected chi connectivity index (χ1v) is 23.4. The number of hydrogen-bond donors (Lipinski definition) is 0. The summed E-state index contributed by atoms with van der Waals surface area (Å²) in [7, 11) is 0. The summed E-state index contributed by atoms with van der Waals surface area (Å²) in [5, 5.41) is 0. The quantitative estimate of drug-likeness (QED) is 0.159. The van der Waals surface area contributed by atoms with Crippen molar-refractivity contribution in [2.75, 3.05) is 26.3 Å². The van der Waals surface area contributed by atoms with E-state index in [-0.39, 0.29) is 10.8 Å². The molecule has 0 saturated carbocycles. The highest BCUT2D eigenvalue weighted by molar-refractivity contribution is 6.03. The molecule has 0 saturated heterocycles. The molecule has 0 unspecified atom stereocenters. The zero-order valence-electron chi connectivity index (χ0n) is 39.2. The average molecular weight is 870 g/mol. The van der Waals surface area contributed by atoms with Crippen molar-refractivity contribution in [1.29, 1.82) is 0 Å². The van der Waals surface area contributed by atoms with Gasteiger partial charge in [0.1, 0.15) is 12.5 Å². The summed E-state index contributed by atoms with van der Waals surface area (Å²) >= 11 is 0. The fourth-order valence-electron chi connectivity index (χ4n) is 9.98. The SMILES string of the molecule is CC(C)(C)c1ccc2c(c1)N(c1ccccn1)c1cc(N(c3ccccc3)c3cc(-c4ccccc4)cc(N4CN(c5ccccc5C(C)(C)C)c5ccccc54)c3)ccc1-c1ccccc1-2. The third kappa shape index (κ3) is 7.60. The summed E-state index contributed by atoms with van der Waals surface area (Å²) in [6, 6.07) is 75.4.